The van der Waals surface area contributed by atoms with Crippen LogP contribution in [0.4, 0.5) is 0 Å². The average Bonchev–Trinajstić information content (AvgIpc) is 3.15. The highest BCUT2D eigenvalue weighted by molar-refractivity contribution is 6.04. The molecule has 1 aromatic carbocycles. The number of Topliss-reactive ketones (excluding diaryl/α,β-unsaturated/α-hetero) is 1. The number of methoxy groups -OCH3 is 1. The number of aryl methyl sites for hydroxylation is 1. The summed E-state index contributed by atoms with van der Waals surface area (Å²) in [6.45, 7) is 8.05. The van der Waals surface area contributed by atoms with Crippen LogP contribution in [0.15, 0.2) is 63.4 Å². The first-order valence-electron chi connectivity index (χ1n) is 10.2. The predicted octanol–water partition coefficient (Wildman–Crippen LogP) is 5.03. The number of hydrogen-bond donors (Lipinski definition) is 1. The van der Waals surface area contributed by atoms with Gasteiger partial charge in [-0.15, -0.1) is 0 Å². The molecule has 30 heavy (non-hydrogen) atoms. The van der Waals surface area contributed by atoms with Gasteiger partial charge in [-0.3, -0.25) is 4.79 Å². The third-order valence-electron chi connectivity index (χ3n) is 5.89. The maximum atomic E-state index is 13.2. The Morgan fingerprint density at radius 2 is 1.80 bits per heavy atom. The highest BCUT2D eigenvalue weighted by atomic mass is 16.5. The van der Waals surface area contributed by atoms with Gasteiger partial charge in [-0.2, -0.15) is 0 Å². The van der Waals surface area contributed by atoms with E-state index in [0.29, 0.717) is 34.8 Å². The van der Waals surface area contributed by atoms with Crippen molar-refractivity contribution >= 4 is 11.8 Å². The van der Waals surface area contributed by atoms with Crippen molar-refractivity contribution in [3.05, 3.63) is 70.3 Å². The molecular weight excluding hydrogens is 378 g/mol. The van der Waals surface area contributed by atoms with Crippen LogP contribution in [-0.2, 0) is 14.3 Å². The van der Waals surface area contributed by atoms with Gasteiger partial charge in [0.15, 0.2) is 5.78 Å². The highest BCUT2D eigenvalue weighted by Gasteiger charge is 2.44. The second-order valence-electron chi connectivity index (χ2n) is 8.99. The molecule has 1 N–H and O–H groups in total. The zero-order valence-electron chi connectivity index (χ0n) is 18.1. The number of dihydropyridines is 1. The van der Waals surface area contributed by atoms with Crippen molar-refractivity contribution in [1.29, 1.82) is 0 Å². The van der Waals surface area contributed by atoms with Crippen LogP contribution in [0.3, 0.4) is 0 Å². The lowest BCUT2D eigenvalue weighted by atomic mass is 9.69. The van der Waals surface area contributed by atoms with Crippen LogP contribution in [0.2, 0.25) is 0 Å². The molecule has 1 aliphatic carbocycles. The third-order valence-corrected chi connectivity index (χ3v) is 5.89. The number of nitrogens with one attached hydrogen (secondary N) is 1. The van der Waals surface area contributed by atoms with Crippen molar-refractivity contribution < 1.29 is 18.7 Å². The second-order valence-corrected chi connectivity index (χ2v) is 8.99. The lowest BCUT2D eigenvalue weighted by molar-refractivity contribution is -0.136. The number of rotatable bonds is 3. The first-order chi connectivity index (χ1) is 14.2. The number of benzene rings is 1. The molecule has 5 nitrogen and oxygen atoms in total. The standard InChI is InChI=1S/C25H27NO4/c1-14-6-8-16(9-7-14)19-10-11-20(30-19)23-21(24(28)29-5)15(2)26-17-12-25(3,4)13-18(27)22(17)23/h6-11,23,26H,12-13H2,1-5H3/t23-/m0/s1. The monoisotopic (exact) mass is 405 g/mol. The van der Waals surface area contributed by atoms with Crippen LogP contribution in [0, 0.1) is 12.3 Å². The predicted molar refractivity (Wildman–Crippen MR) is 115 cm³/mol. The van der Waals surface area contributed by atoms with Crippen LogP contribution >= 0.6 is 0 Å². The van der Waals surface area contributed by atoms with Crippen LogP contribution in [0.25, 0.3) is 11.3 Å². The molecule has 0 amide bonds. The first kappa shape index (κ1) is 20.2. The Morgan fingerprint density at radius 1 is 1.10 bits per heavy atom. The Balaban J connectivity index is 1.84. The molecule has 0 saturated carbocycles. The molecule has 1 aromatic heterocycles. The number of carbonyl (C=O) groups is 2. The summed E-state index contributed by atoms with van der Waals surface area (Å²) in [7, 11) is 1.36. The van der Waals surface area contributed by atoms with E-state index in [1.165, 1.54) is 12.7 Å². The Hall–Kier alpha value is -3.08. The van der Waals surface area contributed by atoms with Gasteiger partial charge in [-0.05, 0) is 37.8 Å². The molecule has 0 fully saturated rings. The lowest BCUT2D eigenvalue weighted by Gasteiger charge is -2.38. The lowest BCUT2D eigenvalue weighted by Crippen LogP contribution is -2.38. The molecule has 0 saturated heterocycles. The van der Waals surface area contributed by atoms with Gasteiger partial charge in [-0.1, -0.05) is 43.7 Å². The maximum Gasteiger partial charge on any atom is 0.336 e. The zero-order valence-corrected chi connectivity index (χ0v) is 18.1. The second kappa shape index (κ2) is 7.31. The largest absolute Gasteiger partial charge is 0.466 e. The summed E-state index contributed by atoms with van der Waals surface area (Å²) in [5.74, 6) is 0.295. The minimum absolute atomic E-state index is 0.0425. The summed E-state index contributed by atoms with van der Waals surface area (Å²) in [4.78, 5) is 25.9. The molecule has 1 atom stereocenters. The number of ketones is 1. The molecule has 2 heterocycles. The molecular formula is C25H27NO4. The van der Waals surface area contributed by atoms with E-state index in [1.54, 1.807) is 0 Å². The summed E-state index contributed by atoms with van der Waals surface area (Å²) >= 11 is 0. The van der Waals surface area contributed by atoms with Gasteiger partial charge < -0.3 is 14.5 Å². The Bertz CT molecular complexity index is 1080. The average molecular weight is 405 g/mol. The van der Waals surface area contributed by atoms with Crippen molar-refractivity contribution in [1.82, 2.24) is 5.32 Å². The Labute approximate surface area is 176 Å². The molecule has 4 rings (SSSR count). The van der Waals surface area contributed by atoms with Crippen molar-refractivity contribution in [2.75, 3.05) is 7.11 Å². The van der Waals surface area contributed by atoms with Crippen LogP contribution in [0.1, 0.15) is 50.9 Å². The molecule has 2 aromatic rings. The Morgan fingerprint density at radius 3 is 2.47 bits per heavy atom. The molecule has 1 aliphatic heterocycles. The van der Waals surface area contributed by atoms with E-state index in [-0.39, 0.29) is 11.2 Å². The number of ether oxygens (including phenoxy) is 1. The highest BCUT2D eigenvalue weighted by Crippen LogP contribution is 2.47. The fraction of sp³-hybridized carbons (Fsp3) is 0.360. The number of allylic oxidation sites excluding steroid dienone is 3. The summed E-state index contributed by atoms with van der Waals surface area (Å²) in [6.07, 6.45) is 1.17. The van der Waals surface area contributed by atoms with Crippen molar-refractivity contribution in [2.24, 2.45) is 5.41 Å². The smallest absolute Gasteiger partial charge is 0.336 e. The Kier molecular flexibility index (Phi) is 4.92. The molecule has 0 radical (unpaired) electrons. The molecule has 2 aliphatic rings. The van der Waals surface area contributed by atoms with Gasteiger partial charge in [0.25, 0.3) is 0 Å². The normalized spacial score (nSPS) is 20.7. The van der Waals surface area contributed by atoms with E-state index in [4.69, 9.17) is 9.15 Å². The van der Waals surface area contributed by atoms with Crippen molar-refractivity contribution in [3.8, 4) is 11.3 Å². The van der Waals surface area contributed by atoms with Crippen molar-refractivity contribution in [2.45, 2.75) is 46.5 Å². The van der Waals surface area contributed by atoms with E-state index in [9.17, 15) is 9.59 Å². The van der Waals surface area contributed by atoms with E-state index in [0.717, 1.165) is 17.7 Å². The number of furan rings is 1. The molecule has 5 heteroatoms. The number of hydrogen-bond acceptors (Lipinski definition) is 5. The van der Waals surface area contributed by atoms with Gasteiger partial charge in [0.05, 0.1) is 18.6 Å². The number of carbonyl (C=O) groups excluding carboxylic acids is 2. The minimum Gasteiger partial charge on any atom is -0.466 e. The zero-order chi connectivity index (χ0) is 21.6. The maximum absolute atomic E-state index is 13.2. The summed E-state index contributed by atoms with van der Waals surface area (Å²) in [5, 5.41) is 3.31. The fourth-order valence-electron chi connectivity index (χ4n) is 4.48. The molecule has 0 bridgehead atoms. The van der Waals surface area contributed by atoms with Gasteiger partial charge >= 0.3 is 5.97 Å². The van der Waals surface area contributed by atoms with Gasteiger partial charge in [0, 0.05) is 29.0 Å². The molecule has 156 valence electrons. The summed E-state index contributed by atoms with van der Waals surface area (Å²) in [5.41, 5.74) is 4.60. The van der Waals surface area contributed by atoms with Gasteiger partial charge in [0.1, 0.15) is 11.5 Å². The van der Waals surface area contributed by atoms with Crippen molar-refractivity contribution in [3.63, 3.8) is 0 Å². The number of esters is 1. The van der Waals surface area contributed by atoms with Gasteiger partial charge in [-0.25, -0.2) is 4.79 Å². The van der Waals surface area contributed by atoms with Crippen LogP contribution < -0.4 is 5.32 Å². The third kappa shape index (κ3) is 3.49. The topological polar surface area (TPSA) is 68.5 Å². The van der Waals surface area contributed by atoms with E-state index in [1.807, 2.05) is 50.2 Å². The van der Waals surface area contributed by atoms with E-state index >= 15 is 0 Å². The SMILES string of the molecule is COC(=O)C1=C(C)NC2=C(C(=O)CC(C)(C)C2)[C@H]1c1ccc(-c2ccc(C)cc2)o1. The molecule has 0 spiro atoms. The minimum atomic E-state index is -0.573. The fourth-order valence-corrected chi connectivity index (χ4v) is 4.48. The summed E-state index contributed by atoms with van der Waals surface area (Å²) < 4.78 is 11.3. The van der Waals surface area contributed by atoms with Gasteiger partial charge in [0.2, 0.25) is 0 Å². The summed E-state index contributed by atoms with van der Waals surface area (Å²) in [6, 6.07) is 11.8. The van der Waals surface area contributed by atoms with Crippen LogP contribution in [-0.4, -0.2) is 18.9 Å². The quantitative estimate of drug-likeness (QED) is 0.725. The van der Waals surface area contributed by atoms with Crippen LogP contribution in [0.5, 0.6) is 0 Å². The first-order valence-corrected chi connectivity index (χ1v) is 10.2. The van der Waals surface area contributed by atoms with E-state index in [2.05, 4.69) is 19.2 Å². The molecule has 0 unspecified atom stereocenters. The van der Waals surface area contributed by atoms with E-state index < -0.39 is 11.9 Å².